The molecular weight excluding hydrogens is 372 g/mol. The predicted molar refractivity (Wildman–Crippen MR) is 111 cm³/mol. The van der Waals surface area contributed by atoms with Gasteiger partial charge < -0.3 is 4.74 Å². The van der Waals surface area contributed by atoms with E-state index in [0.717, 1.165) is 22.4 Å². The zero-order valence-corrected chi connectivity index (χ0v) is 16.6. The van der Waals surface area contributed by atoms with Crippen molar-refractivity contribution in [3.05, 3.63) is 95.6 Å². The monoisotopic (exact) mass is 394 g/mol. The first kappa shape index (κ1) is 19.6. The van der Waals surface area contributed by atoms with Crippen LogP contribution in [0, 0.1) is 6.92 Å². The second-order valence-corrected chi connectivity index (χ2v) is 8.02. The van der Waals surface area contributed by atoms with E-state index in [0.29, 0.717) is 12.1 Å². The molecule has 144 valence electrons. The third-order valence-electron chi connectivity index (χ3n) is 4.27. The number of benzene rings is 3. The van der Waals surface area contributed by atoms with Crippen LogP contribution in [-0.2, 0) is 16.4 Å². The highest BCUT2D eigenvalue weighted by Crippen LogP contribution is 2.15. The Labute approximate surface area is 165 Å². The van der Waals surface area contributed by atoms with E-state index in [2.05, 4.69) is 9.93 Å². The van der Waals surface area contributed by atoms with E-state index in [1.165, 1.54) is 0 Å². The van der Waals surface area contributed by atoms with Gasteiger partial charge in [-0.1, -0.05) is 48.0 Å². The molecule has 5 nitrogen and oxygen atoms in total. The zero-order valence-electron chi connectivity index (χ0n) is 15.8. The van der Waals surface area contributed by atoms with Gasteiger partial charge in [0.1, 0.15) is 5.75 Å². The van der Waals surface area contributed by atoms with Crippen LogP contribution in [0.2, 0.25) is 0 Å². The first-order chi connectivity index (χ1) is 13.5. The summed E-state index contributed by atoms with van der Waals surface area (Å²) in [4.78, 5) is 2.55. The van der Waals surface area contributed by atoms with Crippen LogP contribution in [0.4, 0.5) is 0 Å². The second-order valence-electron chi connectivity index (χ2n) is 6.36. The molecule has 28 heavy (non-hydrogen) atoms. The maximum atomic E-state index is 12.6. The number of nitrogens with one attached hydrogen (secondary N) is 1. The number of nitrogens with zero attached hydrogens (tertiary/aromatic N) is 1. The number of methoxy groups -OCH3 is 1. The molecule has 0 unspecified atom stereocenters. The Bertz CT molecular complexity index is 1040. The van der Waals surface area contributed by atoms with Gasteiger partial charge in [-0.25, -0.2) is 0 Å². The van der Waals surface area contributed by atoms with Crippen LogP contribution in [0.15, 0.2) is 88.9 Å². The average molecular weight is 394 g/mol. The molecule has 0 amide bonds. The van der Waals surface area contributed by atoms with Gasteiger partial charge in [0, 0.05) is 6.42 Å². The summed E-state index contributed by atoms with van der Waals surface area (Å²) in [6.07, 6.45) is 0.490. The van der Waals surface area contributed by atoms with Gasteiger partial charge in [-0.05, 0) is 54.4 Å². The van der Waals surface area contributed by atoms with E-state index in [4.69, 9.17) is 4.74 Å². The Morgan fingerprint density at radius 1 is 0.929 bits per heavy atom. The second kappa shape index (κ2) is 8.71. The van der Waals surface area contributed by atoms with Crippen molar-refractivity contribution in [2.75, 3.05) is 7.11 Å². The first-order valence-corrected chi connectivity index (χ1v) is 10.3. The molecule has 3 aromatic rings. The number of ether oxygens (including phenoxy) is 1. The summed E-state index contributed by atoms with van der Waals surface area (Å²) >= 11 is 0. The van der Waals surface area contributed by atoms with Crippen molar-refractivity contribution in [3.8, 4) is 5.75 Å². The molecule has 0 aliphatic heterocycles. The molecule has 0 fully saturated rings. The van der Waals surface area contributed by atoms with E-state index in [1.54, 1.807) is 31.4 Å². The zero-order chi connectivity index (χ0) is 20.0. The van der Waals surface area contributed by atoms with Crippen LogP contribution < -0.4 is 9.57 Å². The van der Waals surface area contributed by atoms with Crippen LogP contribution in [0.1, 0.15) is 16.7 Å². The van der Waals surface area contributed by atoms with Gasteiger partial charge in [0.15, 0.2) is 0 Å². The van der Waals surface area contributed by atoms with E-state index in [-0.39, 0.29) is 4.90 Å². The predicted octanol–water partition coefficient (Wildman–Crippen LogP) is 3.93. The number of aryl methyl sites for hydroxylation is 1. The molecule has 6 heteroatoms. The summed E-state index contributed by atoms with van der Waals surface area (Å²) in [5.74, 6) is 0.725. The molecule has 0 saturated heterocycles. The summed E-state index contributed by atoms with van der Waals surface area (Å²) < 4.78 is 30.4. The maximum absolute atomic E-state index is 12.6. The molecule has 0 atom stereocenters. The fraction of sp³-hybridized carbons (Fsp3) is 0.136. The van der Waals surface area contributed by atoms with Crippen molar-refractivity contribution >= 4 is 15.7 Å². The molecule has 0 saturated carbocycles. The standard InChI is InChI=1S/C22H22N2O3S/c1-17-8-14-21(15-9-17)28(25,26)24-23-22(16-18-6-4-3-5-7-18)19-10-12-20(27-2)13-11-19/h3-15,24H,16H2,1-2H3/b23-22-. The van der Waals surface area contributed by atoms with E-state index < -0.39 is 10.0 Å². The average Bonchev–Trinajstić information content (AvgIpc) is 2.72. The molecule has 0 heterocycles. The molecule has 1 N–H and O–H groups in total. The van der Waals surface area contributed by atoms with Gasteiger partial charge in [0.05, 0.1) is 17.7 Å². The molecule has 0 bridgehead atoms. The normalized spacial score (nSPS) is 11.9. The van der Waals surface area contributed by atoms with E-state index >= 15 is 0 Å². The van der Waals surface area contributed by atoms with Crippen LogP contribution in [0.25, 0.3) is 0 Å². The van der Waals surface area contributed by atoms with Crippen LogP contribution in [-0.4, -0.2) is 21.2 Å². The lowest BCUT2D eigenvalue weighted by Gasteiger charge is -2.10. The lowest BCUT2D eigenvalue weighted by atomic mass is 10.0. The van der Waals surface area contributed by atoms with Gasteiger partial charge in [-0.3, -0.25) is 0 Å². The van der Waals surface area contributed by atoms with E-state index in [9.17, 15) is 8.42 Å². The van der Waals surface area contributed by atoms with Crippen molar-refractivity contribution < 1.29 is 13.2 Å². The number of hydrogen-bond acceptors (Lipinski definition) is 4. The van der Waals surface area contributed by atoms with Crippen LogP contribution >= 0.6 is 0 Å². The summed E-state index contributed by atoms with van der Waals surface area (Å²) in [7, 11) is -2.15. The topological polar surface area (TPSA) is 67.8 Å². The first-order valence-electron chi connectivity index (χ1n) is 8.81. The maximum Gasteiger partial charge on any atom is 0.276 e. The highest BCUT2D eigenvalue weighted by molar-refractivity contribution is 7.89. The van der Waals surface area contributed by atoms with Gasteiger partial charge in [-0.15, -0.1) is 0 Å². The molecule has 3 rings (SSSR count). The lowest BCUT2D eigenvalue weighted by Crippen LogP contribution is -2.21. The lowest BCUT2D eigenvalue weighted by molar-refractivity contribution is 0.415. The smallest absolute Gasteiger partial charge is 0.276 e. The minimum absolute atomic E-state index is 0.177. The summed E-state index contributed by atoms with van der Waals surface area (Å²) in [6, 6.07) is 23.8. The molecular formula is C22H22N2O3S. The molecule has 0 aliphatic carbocycles. The molecule has 0 radical (unpaired) electrons. The Kier molecular flexibility index (Phi) is 6.11. The van der Waals surface area contributed by atoms with Crippen molar-refractivity contribution in [3.63, 3.8) is 0 Å². The SMILES string of the molecule is COc1ccc(/C(Cc2ccccc2)=N\NS(=O)(=O)c2ccc(C)cc2)cc1. The van der Waals surface area contributed by atoms with E-state index in [1.807, 2.05) is 61.5 Å². The Hall–Kier alpha value is -3.12. The Morgan fingerprint density at radius 2 is 1.57 bits per heavy atom. The fourth-order valence-corrected chi connectivity index (χ4v) is 3.49. The number of sulfonamides is 1. The van der Waals surface area contributed by atoms with Crippen molar-refractivity contribution in [1.82, 2.24) is 4.83 Å². The highest BCUT2D eigenvalue weighted by Gasteiger charge is 2.14. The Morgan fingerprint density at radius 3 is 2.18 bits per heavy atom. The van der Waals surface area contributed by atoms with Crippen LogP contribution in [0.5, 0.6) is 5.75 Å². The van der Waals surface area contributed by atoms with Gasteiger partial charge in [-0.2, -0.15) is 18.4 Å². The number of hydrogen-bond donors (Lipinski definition) is 1. The van der Waals surface area contributed by atoms with Gasteiger partial charge in [0.25, 0.3) is 10.0 Å². The fourth-order valence-electron chi connectivity index (χ4n) is 2.66. The number of hydrazone groups is 1. The van der Waals surface area contributed by atoms with Crippen molar-refractivity contribution in [2.24, 2.45) is 5.10 Å². The summed E-state index contributed by atoms with van der Waals surface area (Å²) in [6.45, 7) is 1.91. The minimum Gasteiger partial charge on any atom is -0.497 e. The van der Waals surface area contributed by atoms with Crippen molar-refractivity contribution in [2.45, 2.75) is 18.2 Å². The quantitative estimate of drug-likeness (QED) is 0.488. The van der Waals surface area contributed by atoms with Crippen LogP contribution in [0.3, 0.4) is 0 Å². The molecule has 3 aromatic carbocycles. The summed E-state index contributed by atoms with van der Waals surface area (Å²) in [5, 5.41) is 4.25. The largest absolute Gasteiger partial charge is 0.497 e. The Balaban J connectivity index is 1.91. The molecule has 0 spiro atoms. The molecule has 0 aromatic heterocycles. The van der Waals surface area contributed by atoms with Crippen molar-refractivity contribution in [1.29, 1.82) is 0 Å². The van der Waals surface area contributed by atoms with Gasteiger partial charge in [0.2, 0.25) is 0 Å². The third kappa shape index (κ3) is 4.98. The number of rotatable bonds is 7. The minimum atomic E-state index is -3.75. The third-order valence-corrected chi connectivity index (χ3v) is 5.49. The molecule has 0 aliphatic rings. The highest BCUT2D eigenvalue weighted by atomic mass is 32.2. The summed E-state index contributed by atoms with van der Waals surface area (Å²) in [5.41, 5.74) is 3.46. The van der Waals surface area contributed by atoms with Gasteiger partial charge >= 0.3 is 0 Å².